The van der Waals surface area contributed by atoms with Crippen LogP contribution in [-0.4, -0.2) is 24.6 Å². The third-order valence-corrected chi connectivity index (χ3v) is 2.45. The van der Waals surface area contributed by atoms with E-state index in [1.54, 1.807) is 0 Å². The van der Waals surface area contributed by atoms with Gasteiger partial charge >= 0.3 is 0 Å². The minimum Gasteiger partial charge on any atom is -0.480 e. The van der Waals surface area contributed by atoms with Crippen molar-refractivity contribution in [1.29, 1.82) is 0 Å². The van der Waals surface area contributed by atoms with Crippen molar-refractivity contribution in [3.05, 3.63) is 12.5 Å². The summed E-state index contributed by atoms with van der Waals surface area (Å²) in [6.07, 6.45) is 2.54. The van der Waals surface area contributed by atoms with E-state index in [2.05, 4.69) is 18.4 Å². The van der Waals surface area contributed by atoms with Crippen molar-refractivity contribution in [3.63, 3.8) is 0 Å². The standard InChI is InChI=1S/C10H19NO/c1-4-12-10(3)11-7-5-9(2)6-8-11/h9H,3-8H2,1-2H3. The second-order valence-corrected chi connectivity index (χ2v) is 3.50. The zero-order valence-corrected chi connectivity index (χ0v) is 8.18. The van der Waals surface area contributed by atoms with Crippen LogP contribution in [0.1, 0.15) is 26.7 Å². The van der Waals surface area contributed by atoms with Crippen LogP contribution in [0.3, 0.4) is 0 Å². The van der Waals surface area contributed by atoms with E-state index < -0.39 is 0 Å². The van der Waals surface area contributed by atoms with E-state index in [0.717, 1.165) is 31.5 Å². The van der Waals surface area contributed by atoms with E-state index in [9.17, 15) is 0 Å². The lowest BCUT2D eigenvalue weighted by Gasteiger charge is -2.32. The number of hydrogen-bond donors (Lipinski definition) is 0. The van der Waals surface area contributed by atoms with Crippen molar-refractivity contribution in [2.24, 2.45) is 5.92 Å². The molecule has 0 aromatic carbocycles. The van der Waals surface area contributed by atoms with Crippen LogP contribution >= 0.6 is 0 Å². The van der Waals surface area contributed by atoms with Gasteiger partial charge in [-0.05, 0) is 32.3 Å². The summed E-state index contributed by atoms with van der Waals surface area (Å²) in [6, 6.07) is 0. The van der Waals surface area contributed by atoms with E-state index in [0.29, 0.717) is 0 Å². The molecule has 0 amide bonds. The van der Waals surface area contributed by atoms with Gasteiger partial charge in [0.05, 0.1) is 6.61 Å². The largest absolute Gasteiger partial charge is 0.480 e. The molecule has 0 aliphatic carbocycles. The molecule has 0 N–H and O–H groups in total. The highest BCUT2D eigenvalue weighted by Crippen LogP contribution is 2.19. The van der Waals surface area contributed by atoms with Crippen molar-refractivity contribution < 1.29 is 4.74 Å². The van der Waals surface area contributed by atoms with Crippen LogP contribution in [0.25, 0.3) is 0 Å². The molecule has 1 rings (SSSR count). The van der Waals surface area contributed by atoms with Crippen LogP contribution in [0, 0.1) is 5.92 Å². The maximum absolute atomic E-state index is 5.35. The van der Waals surface area contributed by atoms with Crippen LogP contribution in [-0.2, 0) is 4.74 Å². The molecule has 0 bridgehead atoms. The highest BCUT2D eigenvalue weighted by Gasteiger charge is 2.16. The first kappa shape index (κ1) is 9.43. The van der Waals surface area contributed by atoms with E-state index in [1.807, 2.05) is 6.92 Å². The Kier molecular flexibility index (Phi) is 3.45. The maximum atomic E-state index is 5.35. The monoisotopic (exact) mass is 169 g/mol. The molecule has 70 valence electrons. The smallest absolute Gasteiger partial charge is 0.181 e. The van der Waals surface area contributed by atoms with Gasteiger partial charge < -0.3 is 9.64 Å². The Hall–Kier alpha value is -0.660. The summed E-state index contributed by atoms with van der Waals surface area (Å²) in [5.74, 6) is 1.72. The molecule has 1 saturated heterocycles. The second kappa shape index (κ2) is 4.39. The Balaban J connectivity index is 2.29. The lowest BCUT2D eigenvalue weighted by atomic mass is 10.00. The highest BCUT2D eigenvalue weighted by molar-refractivity contribution is 4.86. The Morgan fingerprint density at radius 2 is 2.08 bits per heavy atom. The van der Waals surface area contributed by atoms with E-state index in [-0.39, 0.29) is 0 Å². The summed E-state index contributed by atoms with van der Waals surface area (Å²) < 4.78 is 5.35. The fraction of sp³-hybridized carbons (Fsp3) is 0.800. The van der Waals surface area contributed by atoms with Gasteiger partial charge in [0, 0.05) is 13.1 Å². The molecular formula is C10H19NO. The Labute approximate surface area is 75.2 Å². The molecule has 0 spiro atoms. The number of ether oxygens (including phenoxy) is 1. The maximum Gasteiger partial charge on any atom is 0.181 e. The molecule has 2 heteroatoms. The van der Waals surface area contributed by atoms with Crippen LogP contribution in [0.4, 0.5) is 0 Å². The molecule has 0 aromatic rings. The van der Waals surface area contributed by atoms with Gasteiger partial charge in [-0.1, -0.05) is 6.92 Å². The first-order valence-electron chi connectivity index (χ1n) is 4.80. The zero-order chi connectivity index (χ0) is 8.97. The zero-order valence-electron chi connectivity index (χ0n) is 8.18. The topological polar surface area (TPSA) is 12.5 Å². The van der Waals surface area contributed by atoms with Crippen molar-refractivity contribution >= 4 is 0 Å². The fourth-order valence-electron chi connectivity index (χ4n) is 1.52. The first-order chi connectivity index (χ1) is 5.74. The molecule has 0 atom stereocenters. The summed E-state index contributed by atoms with van der Waals surface area (Å²) in [4.78, 5) is 2.24. The minimum atomic E-state index is 0.727. The predicted octanol–water partition coefficient (Wildman–Crippen LogP) is 2.23. The Bertz CT molecular complexity index is 148. The number of nitrogens with zero attached hydrogens (tertiary/aromatic N) is 1. The van der Waals surface area contributed by atoms with Crippen LogP contribution in [0.2, 0.25) is 0 Å². The second-order valence-electron chi connectivity index (χ2n) is 3.50. The van der Waals surface area contributed by atoms with Gasteiger partial charge in [0.15, 0.2) is 5.88 Å². The van der Waals surface area contributed by atoms with Crippen molar-refractivity contribution in [1.82, 2.24) is 4.90 Å². The van der Waals surface area contributed by atoms with Crippen LogP contribution < -0.4 is 0 Å². The molecule has 1 fully saturated rings. The lowest BCUT2D eigenvalue weighted by molar-refractivity contribution is 0.0980. The van der Waals surface area contributed by atoms with Gasteiger partial charge in [-0.25, -0.2) is 0 Å². The predicted molar refractivity (Wildman–Crippen MR) is 50.7 cm³/mol. The molecule has 1 heterocycles. The molecule has 1 aliphatic heterocycles. The number of rotatable bonds is 3. The molecule has 1 aliphatic rings. The molecule has 0 aromatic heterocycles. The third-order valence-electron chi connectivity index (χ3n) is 2.45. The van der Waals surface area contributed by atoms with E-state index in [1.165, 1.54) is 12.8 Å². The number of likely N-dealkylation sites (tertiary alicyclic amines) is 1. The molecular weight excluding hydrogens is 150 g/mol. The quantitative estimate of drug-likeness (QED) is 0.601. The molecule has 0 radical (unpaired) electrons. The molecule has 0 saturated carbocycles. The summed E-state index contributed by atoms with van der Waals surface area (Å²) >= 11 is 0. The first-order valence-corrected chi connectivity index (χ1v) is 4.80. The highest BCUT2D eigenvalue weighted by atomic mass is 16.5. The van der Waals surface area contributed by atoms with Crippen molar-refractivity contribution in [2.75, 3.05) is 19.7 Å². The number of piperidine rings is 1. The summed E-state index contributed by atoms with van der Waals surface area (Å²) in [5.41, 5.74) is 0. The summed E-state index contributed by atoms with van der Waals surface area (Å²) in [5, 5.41) is 0. The normalized spacial score (nSPS) is 19.3. The molecule has 12 heavy (non-hydrogen) atoms. The van der Waals surface area contributed by atoms with Gasteiger partial charge in [-0.2, -0.15) is 0 Å². The van der Waals surface area contributed by atoms with Gasteiger partial charge in [0.25, 0.3) is 0 Å². The van der Waals surface area contributed by atoms with Gasteiger partial charge in [0.2, 0.25) is 0 Å². The summed E-state index contributed by atoms with van der Waals surface area (Å²) in [7, 11) is 0. The average molecular weight is 169 g/mol. The average Bonchev–Trinajstić information content (AvgIpc) is 2.06. The number of hydrogen-bond acceptors (Lipinski definition) is 2. The van der Waals surface area contributed by atoms with Crippen molar-refractivity contribution in [3.8, 4) is 0 Å². The Morgan fingerprint density at radius 1 is 1.50 bits per heavy atom. The van der Waals surface area contributed by atoms with E-state index in [4.69, 9.17) is 4.74 Å². The van der Waals surface area contributed by atoms with Gasteiger partial charge in [-0.15, -0.1) is 0 Å². The lowest BCUT2D eigenvalue weighted by Crippen LogP contribution is -2.32. The van der Waals surface area contributed by atoms with E-state index >= 15 is 0 Å². The molecule has 2 nitrogen and oxygen atoms in total. The van der Waals surface area contributed by atoms with Crippen molar-refractivity contribution in [2.45, 2.75) is 26.7 Å². The Morgan fingerprint density at radius 3 is 2.58 bits per heavy atom. The third kappa shape index (κ3) is 2.43. The fourth-order valence-corrected chi connectivity index (χ4v) is 1.52. The van der Waals surface area contributed by atoms with Gasteiger partial charge in [-0.3, -0.25) is 0 Å². The van der Waals surface area contributed by atoms with Crippen LogP contribution in [0.5, 0.6) is 0 Å². The van der Waals surface area contributed by atoms with Gasteiger partial charge in [0.1, 0.15) is 0 Å². The SMILES string of the molecule is C=C(OCC)N1CCC(C)CC1. The minimum absolute atomic E-state index is 0.727. The van der Waals surface area contributed by atoms with Crippen LogP contribution in [0.15, 0.2) is 12.5 Å². The molecule has 0 unspecified atom stereocenters. The summed E-state index contributed by atoms with van der Waals surface area (Å²) in [6.45, 7) is 11.2.